The minimum Gasteiger partial charge on any atom is -0.340 e. The fraction of sp³-hybridized carbons (Fsp3) is 0.212. The molecule has 0 N–H and O–H groups in total. The molecule has 37 heavy (non-hydrogen) atoms. The second-order valence-electron chi connectivity index (χ2n) is 10.0. The van der Waals surface area contributed by atoms with E-state index in [9.17, 15) is 4.79 Å². The van der Waals surface area contributed by atoms with Gasteiger partial charge in [0.2, 0.25) is 12.1 Å². The maximum atomic E-state index is 13.0. The average molecular weight is 487 g/mol. The van der Waals surface area contributed by atoms with Crippen molar-refractivity contribution in [1.82, 2.24) is 9.13 Å². The first-order valence-electron chi connectivity index (χ1n) is 13.1. The third-order valence-corrected chi connectivity index (χ3v) is 7.61. The van der Waals surface area contributed by atoms with Gasteiger partial charge in [-0.2, -0.15) is 0 Å². The Bertz CT molecular complexity index is 1690. The second-order valence-corrected chi connectivity index (χ2v) is 10.0. The lowest BCUT2D eigenvalue weighted by molar-refractivity contribution is -0.658. The molecule has 0 atom stereocenters. The number of nitrogens with zero attached hydrogens (tertiary/aromatic N) is 3. The first-order chi connectivity index (χ1) is 18.1. The van der Waals surface area contributed by atoms with Crippen molar-refractivity contribution in [3.05, 3.63) is 114 Å². The number of carbonyl (C=O) groups excluding carboxylic acids is 1. The van der Waals surface area contributed by atoms with Gasteiger partial charge in [0, 0.05) is 33.9 Å². The van der Waals surface area contributed by atoms with Crippen LogP contribution in [0.3, 0.4) is 0 Å². The molecule has 0 aliphatic rings. The van der Waals surface area contributed by atoms with Crippen molar-refractivity contribution in [2.24, 2.45) is 0 Å². The third-order valence-electron chi connectivity index (χ3n) is 7.61. The summed E-state index contributed by atoms with van der Waals surface area (Å²) >= 11 is 0. The molecular formula is C33H32N3O+. The lowest BCUT2D eigenvalue weighted by Crippen LogP contribution is -2.37. The number of carbonyl (C=O) groups is 1. The summed E-state index contributed by atoms with van der Waals surface area (Å²) in [7, 11) is 0. The SMILES string of the molecule is Cc1cc2c(cc1C)[n+](CC(=O)c1ccccc1)cn2CCCCn1c2ccccc2c2ccccc21. The van der Waals surface area contributed by atoms with Gasteiger partial charge in [-0.3, -0.25) is 4.79 Å². The largest absolute Gasteiger partial charge is 0.340 e. The van der Waals surface area contributed by atoms with Gasteiger partial charge in [-0.15, -0.1) is 0 Å². The summed E-state index contributed by atoms with van der Waals surface area (Å²) in [6.45, 7) is 6.55. The van der Waals surface area contributed by atoms with Crippen molar-refractivity contribution >= 4 is 38.6 Å². The number of benzene rings is 4. The lowest BCUT2D eigenvalue weighted by atomic mass is 10.1. The van der Waals surface area contributed by atoms with Crippen molar-refractivity contribution in [1.29, 1.82) is 0 Å². The van der Waals surface area contributed by atoms with Crippen molar-refractivity contribution in [2.75, 3.05) is 0 Å². The van der Waals surface area contributed by atoms with Gasteiger partial charge >= 0.3 is 0 Å². The van der Waals surface area contributed by atoms with E-state index in [0.29, 0.717) is 6.54 Å². The Labute approximate surface area is 217 Å². The lowest BCUT2D eigenvalue weighted by Gasteiger charge is -2.07. The van der Waals surface area contributed by atoms with Gasteiger partial charge in [0.15, 0.2) is 17.6 Å². The minimum absolute atomic E-state index is 0.134. The van der Waals surface area contributed by atoms with Crippen molar-refractivity contribution < 1.29 is 9.36 Å². The van der Waals surface area contributed by atoms with Crippen LogP contribution in [0.2, 0.25) is 0 Å². The zero-order valence-corrected chi connectivity index (χ0v) is 21.5. The number of aryl methyl sites for hydroxylation is 4. The molecule has 0 bridgehead atoms. The van der Waals surface area contributed by atoms with Crippen LogP contribution in [0, 0.1) is 13.8 Å². The van der Waals surface area contributed by atoms with E-state index in [-0.39, 0.29) is 5.78 Å². The fourth-order valence-corrected chi connectivity index (χ4v) is 5.51. The molecular weight excluding hydrogens is 454 g/mol. The molecule has 0 saturated carbocycles. The summed E-state index contributed by atoms with van der Waals surface area (Å²) in [5.41, 5.74) is 8.20. The number of Topliss-reactive ketones (excluding diaryl/α,β-unsaturated/α-hetero) is 1. The third kappa shape index (κ3) is 4.33. The van der Waals surface area contributed by atoms with E-state index in [1.54, 1.807) is 0 Å². The molecule has 4 heteroatoms. The molecule has 2 aromatic heterocycles. The summed E-state index contributed by atoms with van der Waals surface area (Å²) < 4.78 is 6.90. The van der Waals surface area contributed by atoms with E-state index in [1.165, 1.54) is 38.4 Å². The Hall–Kier alpha value is -4.18. The molecule has 0 aliphatic carbocycles. The van der Waals surface area contributed by atoms with Crippen LogP contribution in [0.25, 0.3) is 32.8 Å². The summed E-state index contributed by atoms with van der Waals surface area (Å²) in [6.07, 6.45) is 4.27. The Morgan fingerprint density at radius 3 is 2.00 bits per heavy atom. The molecule has 4 aromatic carbocycles. The van der Waals surface area contributed by atoms with Crippen LogP contribution in [0.1, 0.15) is 34.3 Å². The Balaban J connectivity index is 1.24. The highest BCUT2D eigenvalue weighted by Crippen LogP contribution is 2.29. The van der Waals surface area contributed by atoms with Crippen LogP contribution in [-0.2, 0) is 19.6 Å². The monoisotopic (exact) mass is 486 g/mol. The highest BCUT2D eigenvalue weighted by atomic mass is 16.1. The van der Waals surface area contributed by atoms with Crippen molar-refractivity contribution in [3.8, 4) is 0 Å². The highest BCUT2D eigenvalue weighted by Gasteiger charge is 2.20. The quantitative estimate of drug-likeness (QED) is 0.129. The van der Waals surface area contributed by atoms with Crippen LogP contribution in [0.5, 0.6) is 0 Å². The molecule has 184 valence electrons. The Kier molecular flexibility index (Phi) is 6.09. The first kappa shape index (κ1) is 23.2. The van der Waals surface area contributed by atoms with E-state index in [4.69, 9.17) is 0 Å². The smallest absolute Gasteiger partial charge is 0.245 e. The summed E-state index contributed by atoms with van der Waals surface area (Å²) in [4.78, 5) is 13.0. The molecule has 6 aromatic rings. The van der Waals surface area contributed by atoms with Crippen molar-refractivity contribution in [2.45, 2.75) is 46.3 Å². The normalized spacial score (nSPS) is 11.6. The molecule has 0 saturated heterocycles. The van der Waals surface area contributed by atoms with Gasteiger partial charge in [-0.25, -0.2) is 9.13 Å². The summed E-state index contributed by atoms with van der Waals surface area (Å²) in [5.74, 6) is 0.134. The predicted molar refractivity (Wildman–Crippen MR) is 151 cm³/mol. The number of para-hydroxylation sites is 2. The molecule has 0 aliphatic heterocycles. The molecule has 0 fully saturated rings. The predicted octanol–water partition coefficient (Wildman–Crippen LogP) is 7.02. The molecule has 0 unspecified atom stereocenters. The van der Waals surface area contributed by atoms with Gasteiger partial charge in [0.25, 0.3) is 0 Å². The summed E-state index contributed by atoms with van der Waals surface area (Å²) in [6, 6.07) is 31.5. The topological polar surface area (TPSA) is 30.8 Å². The van der Waals surface area contributed by atoms with Crippen LogP contribution in [0.4, 0.5) is 0 Å². The number of unbranched alkanes of at least 4 members (excludes halogenated alkanes) is 1. The van der Waals surface area contributed by atoms with Crippen LogP contribution >= 0.6 is 0 Å². The second kappa shape index (κ2) is 9.70. The molecule has 4 nitrogen and oxygen atoms in total. The number of fused-ring (bicyclic) bond motifs is 4. The zero-order valence-electron chi connectivity index (χ0n) is 21.5. The van der Waals surface area contributed by atoms with E-state index < -0.39 is 0 Å². The Morgan fingerprint density at radius 2 is 1.30 bits per heavy atom. The van der Waals surface area contributed by atoms with E-state index in [0.717, 1.165) is 37.0 Å². The van der Waals surface area contributed by atoms with Gasteiger partial charge in [-0.05, 0) is 62.1 Å². The maximum Gasteiger partial charge on any atom is 0.245 e. The number of ketones is 1. The number of hydrogen-bond acceptors (Lipinski definition) is 1. The van der Waals surface area contributed by atoms with E-state index in [1.807, 2.05) is 30.3 Å². The van der Waals surface area contributed by atoms with Gasteiger partial charge in [0.1, 0.15) is 0 Å². The zero-order chi connectivity index (χ0) is 25.4. The first-order valence-corrected chi connectivity index (χ1v) is 13.1. The number of imidazole rings is 1. The number of rotatable bonds is 8. The number of hydrogen-bond donors (Lipinski definition) is 0. The van der Waals surface area contributed by atoms with Crippen LogP contribution in [-0.4, -0.2) is 14.9 Å². The average Bonchev–Trinajstić information content (AvgIpc) is 3.42. The van der Waals surface area contributed by atoms with Crippen LogP contribution in [0.15, 0.2) is 97.3 Å². The van der Waals surface area contributed by atoms with E-state index >= 15 is 0 Å². The number of aromatic nitrogens is 3. The van der Waals surface area contributed by atoms with Crippen molar-refractivity contribution in [3.63, 3.8) is 0 Å². The summed E-state index contributed by atoms with van der Waals surface area (Å²) in [5, 5.41) is 2.65. The standard InChI is InChI=1S/C33H32N3O/c1-24-20-31-32(21-25(24)2)35(22-33(37)26-12-4-3-5-13-26)23-34(31)18-10-11-19-36-29-16-8-6-14-27(29)28-15-7-9-17-30(28)36/h3-9,12-17,20-21,23H,10-11,18-19,22H2,1-2H3/q+1. The minimum atomic E-state index is 0.134. The molecule has 0 radical (unpaired) electrons. The molecule has 0 amide bonds. The highest BCUT2D eigenvalue weighted by molar-refractivity contribution is 6.07. The molecule has 0 spiro atoms. The molecule has 6 rings (SSSR count). The van der Waals surface area contributed by atoms with Gasteiger partial charge < -0.3 is 4.57 Å². The molecule has 2 heterocycles. The Morgan fingerprint density at radius 1 is 0.703 bits per heavy atom. The fourth-order valence-electron chi connectivity index (χ4n) is 5.51. The maximum absolute atomic E-state index is 13.0. The van der Waals surface area contributed by atoms with Gasteiger partial charge in [0.05, 0.1) is 6.54 Å². The van der Waals surface area contributed by atoms with E-state index in [2.05, 4.69) is 94.5 Å². The van der Waals surface area contributed by atoms with Gasteiger partial charge in [-0.1, -0.05) is 66.7 Å². The van der Waals surface area contributed by atoms with Crippen LogP contribution < -0.4 is 4.57 Å².